The van der Waals surface area contributed by atoms with Gasteiger partial charge in [-0.25, -0.2) is 9.69 Å². The highest BCUT2D eigenvalue weighted by Crippen LogP contribution is 2.31. The topological polar surface area (TPSA) is 119 Å². The number of nitro benzene ring substituents is 1. The molecule has 3 aromatic rings. The molecule has 9 nitrogen and oxygen atoms in total. The predicted molar refractivity (Wildman–Crippen MR) is 134 cm³/mol. The fourth-order valence-electron chi connectivity index (χ4n) is 3.36. The Kier molecular flexibility index (Phi) is 7.25. The van der Waals surface area contributed by atoms with E-state index in [1.54, 1.807) is 12.1 Å². The zero-order chi connectivity index (χ0) is 26.0. The fraction of sp³-hybridized carbons (Fsp3) is 0.0417. The number of barbiturate groups is 1. The number of hydrogen-bond acceptors (Lipinski definition) is 6. The van der Waals surface area contributed by atoms with Gasteiger partial charge in [-0.3, -0.25) is 25.0 Å². The fourth-order valence-corrected chi connectivity index (χ4v) is 3.83. The van der Waals surface area contributed by atoms with E-state index in [2.05, 4.69) is 5.32 Å². The van der Waals surface area contributed by atoms with Crippen molar-refractivity contribution in [1.82, 2.24) is 5.32 Å². The summed E-state index contributed by atoms with van der Waals surface area (Å²) >= 11 is 18.1. The largest absolute Gasteiger partial charge is 0.488 e. The highest BCUT2D eigenvalue weighted by Gasteiger charge is 2.37. The lowest BCUT2D eigenvalue weighted by Gasteiger charge is -2.26. The maximum Gasteiger partial charge on any atom is 0.335 e. The van der Waals surface area contributed by atoms with E-state index in [0.717, 1.165) is 4.90 Å². The average molecular weight is 547 g/mol. The number of urea groups is 1. The van der Waals surface area contributed by atoms with Crippen molar-refractivity contribution in [3.05, 3.63) is 103 Å². The van der Waals surface area contributed by atoms with Crippen LogP contribution in [-0.2, 0) is 16.2 Å². The molecule has 0 radical (unpaired) electrons. The maximum absolute atomic E-state index is 13.2. The van der Waals surface area contributed by atoms with Crippen LogP contribution in [0.4, 0.5) is 16.2 Å². The summed E-state index contributed by atoms with van der Waals surface area (Å²) in [7, 11) is 0. The number of nitrogens with zero attached hydrogens (tertiary/aromatic N) is 2. The molecule has 36 heavy (non-hydrogen) atoms. The van der Waals surface area contributed by atoms with Crippen molar-refractivity contribution >= 4 is 70.1 Å². The molecule has 1 saturated heterocycles. The van der Waals surface area contributed by atoms with E-state index in [0.29, 0.717) is 10.6 Å². The standard InChI is InChI=1S/C24H14Cl3N3O6/c25-15-4-7-21(36-12-13-2-1-3-17(8-13)30(34)35)14(9-15)10-18-22(31)28-24(33)29(23(18)32)16-5-6-19(26)20(27)11-16/h1-11H,12H2,(H,28,31,33)/b18-10+. The van der Waals surface area contributed by atoms with Gasteiger partial charge in [0.1, 0.15) is 17.9 Å². The van der Waals surface area contributed by atoms with Crippen LogP contribution in [-0.4, -0.2) is 22.8 Å². The Morgan fingerprint density at radius 3 is 2.47 bits per heavy atom. The third-order valence-electron chi connectivity index (χ3n) is 5.05. The van der Waals surface area contributed by atoms with Gasteiger partial charge in [-0.05, 0) is 48.0 Å². The molecule has 1 heterocycles. The van der Waals surface area contributed by atoms with Gasteiger partial charge in [0.2, 0.25) is 0 Å². The van der Waals surface area contributed by atoms with E-state index in [-0.39, 0.29) is 44.9 Å². The van der Waals surface area contributed by atoms with Gasteiger partial charge >= 0.3 is 6.03 Å². The van der Waals surface area contributed by atoms with Gasteiger partial charge in [-0.2, -0.15) is 0 Å². The van der Waals surface area contributed by atoms with Gasteiger partial charge in [-0.1, -0.05) is 46.9 Å². The summed E-state index contributed by atoms with van der Waals surface area (Å²) in [5.74, 6) is -1.56. The van der Waals surface area contributed by atoms with E-state index in [1.165, 1.54) is 54.6 Å². The summed E-state index contributed by atoms with van der Waals surface area (Å²) in [5, 5.41) is 13.8. The lowest BCUT2D eigenvalue weighted by atomic mass is 10.1. The second kappa shape index (κ2) is 10.4. The van der Waals surface area contributed by atoms with Crippen molar-refractivity contribution in [3.63, 3.8) is 0 Å². The Morgan fingerprint density at radius 1 is 0.972 bits per heavy atom. The van der Waals surface area contributed by atoms with Crippen LogP contribution in [0.1, 0.15) is 11.1 Å². The van der Waals surface area contributed by atoms with E-state index < -0.39 is 22.8 Å². The second-order valence-corrected chi connectivity index (χ2v) is 8.70. The van der Waals surface area contributed by atoms with Crippen LogP contribution in [0.25, 0.3) is 6.08 Å². The minimum atomic E-state index is -0.950. The summed E-state index contributed by atoms with van der Waals surface area (Å²) < 4.78 is 5.80. The molecule has 0 aliphatic carbocycles. The van der Waals surface area contributed by atoms with Gasteiger partial charge in [-0.15, -0.1) is 0 Å². The number of halogens is 3. The Morgan fingerprint density at radius 2 is 1.75 bits per heavy atom. The molecule has 0 saturated carbocycles. The molecule has 1 fully saturated rings. The van der Waals surface area contributed by atoms with E-state index >= 15 is 0 Å². The number of anilines is 1. The lowest BCUT2D eigenvalue weighted by Crippen LogP contribution is -2.54. The first-order chi connectivity index (χ1) is 17.1. The maximum atomic E-state index is 13.2. The zero-order valence-electron chi connectivity index (χ0n) is 18.0. The number of nitrogens with one attached hydrogen (secondary N) is 1. The average Bonchev–Trinajstić information content (AvgIpc) is 2.83. The van der Waals surface area contributed by atoms with Crippen molar-refractivity contribution < 1.29 is 24.0 Å². The number of benzene rings is 3. The third-order valence-corrected chi connectivity index (χ3v) is 6.02. The Hall–Kier alpha value is -3.92. The van der Waals surface area contributed by atoms with Crippen LogP contribution in [0.15, 0.2) is 66.2 Å². The molecule has 4 amide bonds. The van der Waals surface area contributed by atoms with Crippen LogP contribution in [0.5, 0.6) is 5.75 Å². The number of hydrogen-bond donors (Lipinski definition) is 1. The normalized spacial score (nSPS) is 14.7. The monoisotopic (exact) mass is 545 g/mol. The van der Waals surface area contributed by atoms with Crippen LogP contribution in [0, 0.1) is 10.1 Å². The second-order valence-electron chi connectivity index (χ2n) is 7.45. The molecule has 0 aromatic heterocycles. The van der Waals surface area contributed by atoms with Crippen molar-refractivity contribution in [2.24, 2.45) is 0 Å². The van der Waals surface area contributed by atoms with Crippen LogP contribution in [0.2, 0.25) is 15.1 Å². The van der Waals surface area contributed by atoms with Crippen LogP contribution < -0.4 is 15.0 Å². The smallest absolute Gasteiger partial charge is 0.335 e. The minimum absolute atomic E-state index is 0.0342. The highest BCUT2D eigenvalue weighted by molar-refractivity contribution is 6.43. The number of nitro groups is 1. The van der Waals surface area contributed by atoms with E-state index in [9.17, 15) is 24.5 Å². The number of rotatable bonds is 6. The highest BCUT2D eigenvalue weighted by atomic mass is 35.5. The molecule has 1 aliphatic heterocycles. The molecule has 3 aromatic carbocycles. The van der Waals surface area contributed by atoms with Gasteiger partial charge in [0.25, 0.3) is 17.5 Å². The van der Waals surface area contributed by atoms with Gasteiger partial charge in [0.05, 0.1) is 20.7 Å². The minimum Gasteiger partial charge on any atom is -0.488 e. The number of imide groups is 2. The van der Waals surface area contributed by atoms with Crippen molar-refractivity contribution in [3.8, 4) is 5.75 Å². The number of carbonyl (C=O) groups excluding carboxylic acids is 3. The number of non-ortho nitro benzene ring substituents is 1. The summed E-state index contributed by atoms with van der Waals surface area (Å²) in [6, 6.07) is 13.6. The summed E-state index contributed by atoms with van der Waals surface area (Å²) in [6.07, 6.45) is 1.24. The zero-order valence-corrected chi connectivity index (χ0v) is 20.3. The molecule has 0 bridgehead atoms. The summed E-state index contributed by atoms with van der Waals surface area (Å²) in [6.45, 7) is -0.0342. The molecule has 12 heteroatoms. The number of carbonyl (C=O) groups is 3. The number of amides is 4. The number of ether oxygens (including phenoxy) is 1. The molecule has 0 spiro atoms. The predicted octanol–water partition coefficient (Wildman–Crippen LogP) is 5.80. The SMILES string of the molecule is O=C1NC(=O)N(c2ccc(Cl)c(Cl)c2)C(=O)/C1=C/c1cc(Cl)ccc1OCc1cccc([N+](=O)[O-])c1. The van der Waals surface area contributed by atoms with Gasteiger partial charge in [0.15, 0.2) is 0 Å². The van der Waals surface area contributed by atoms with Crippen molar-refractivity contribution in [2.45, 2.75) is 6.61 Å². The van der Waals surface area contributed by atoms with E-state index in [1.807, 2.05) is 0 Å². The summed E-state index contributed by atoms with van der Waals surface area (Å²) in [4.78, 5) is 49.4. The van der Waals surface area contributed by atoms with E-state index in [4.69, 9.17) is 39.5 Å². The quantitative estimate of drug-likeness (QED) is 0.181. The van der Waals surface area contributed by atoms with Crippen LogP contribution >= 0.6 is 34.8 Å². The molecular weight excluding hydrogens is 533 g/mol. The first-order valence-electron chi connectivity index (χ1n) is 10.2. The van der Waals surface area contributed by atoms with Crippen molar-refractivity contribution in [2.75, 3.05) is 4.90 Å². The van der Waals surface area contributed by atoms with Crippen molar-refractivity contribution in [1.29, 1.82) is 0 Å². The lowest BCUT2D eigenvalue weighted by molar-refractivity contribution is -0.384. The molecule has 4 rings (SSSR count). The molecule has 1 N–H and O–H groups in total. The van der Waals surface area contributed by atoms with Gasteiger partial charge in [0, 0.05) is 22.7 Å². The van der Waals surface area contributed by atoms with Gasteiger partial charge < -0.3 is 4.74 Å². The Bertz CT molecular complexity index is 1460. The first kappa shape index (κ1) is 25.2. The van der Waals surface area contributed by atoms with Crippen LogP contribution in [0.3, 0.4) is 0 Å². The molecular formula is C24H14Cl3N3O6. The molecule has 0 atom stereocenters. The third kappa shape index (κ3) is 5.33. The molecule has 0 unspecified atom stereocenters. The Balaban J connectivity index is 1.67. The first-order valence-corrected chi connectivity index (χ1v) is 11.3. The Labute approximate surface area is 219 Å². The molecule has 182 valence electrons. The molecule has 1 aliphatic rings. The summed E-state index contributed by atoms with van der Waals surface area (Å²) in [5.41, 5.74) is 0.461.